The zero-order valence-corrected chi connectivity index (χ0v) is 10.5. The normalized spacial score (nSPS) is 19.8. The van der Waals surface area contributed by atoms with Crippen LogP contribution >= 0.6 is 11.3 Å². The van der Waals surface area contributed by atoms with Crippen molar-refractivity contribution < 1.29 is 9.59 Å². The minimum Gasteiger partial charge on any atom is -0.355 e. The van der Waals surface area contributed by atoms with Gasteiger partial charge in [0.1, 0.15) is 0 Å². The highest BCUT2D eigenvalue weighted by atomic mass is 32.1. The van der Waals surface area contributed by atoms with Crippen LogP contribution in [0.15, 0.2) is 5.51 Å². The van der Waals surface area contributed by atoms with Gasteiger partial charge in [0.15, 0.2) is 0 Å². The van der Waals surface area contributed by atoms with E-state index in [-0.39, 0.29) is 17.7 Å². The monoisotopic (exact) mass is 253 g/mol. The first kappa shape index (κ1) is 12.0. The third-order valence-corrected chi connectivity index (χ3v) is 3.84. The maximum absolute atomic E-state index is 11.8. The number of hydrogen-bond acceptors (Lipinski definition) is 4. The first-order valence-corrected chi connectivity index (χ1v) is 6.48. The zero-order chi connectivity index (χ0) is 12.3. The molecule has 6 heteroatoms. The fourth-order valence-corrected chi connectivity index (χ4v) is 2.48. The highest BCUT2D eigenvalue weighted by Crippen LogP contribution is 2.14. The van der Waals surface area contributed by atoms with E-state index in [9.17, 15) is 9.59 Å². The number of nitrogens with zero attached hydrogens (tertiary/aromatic N) is 1. The zero-order valence-electron chi connectivity index (χ0n) is 9.66. The predicted octanol–water partition coefficient (Wildman–Crippen LogP) is 0.594. The summed E-state index contributed by atoms with van der Waals surface area (Å²) >= 11 is 1.54. The number of amides is 2. The summed E-state index contributed by atoms with van der Waals surface area (Å²) in [5.74, 6) is -0.0499. The van der Waals surface area contributed by atoms with Crippen LogP contribution in [0.4, 0.5) is 0 Å². The maximum Gasteiger partial charge on any atom is 0.225 e. The molecular weight excluding hydrogens is 238 g/mol. The molecule has 17 heavy (non-hydrogen) atoms. The fourth-order valence-electron chi connectivity index (χ4n) is 1.76. The second-order valence-corrected chi connectivity index (χ2v) is 5.06. The molecule has 1 aliphatic heterocycles. The van der Waals surface area contributed by atoms with E-state index in [0.29, 0.717) is 25.9 Å². The van der Waals surface area contributed by atoms with Crippen LogP contribution in [0.2, 0.25) is 0 Å². The van der Waals surface area contributed by atoms with Crippen molar-refractivity contribution in [1.82, 2.24) is 15.6 Å². The molecule has 92 valence electrons. The summed E-state index contributed by atoms with van der Waals surface area (Å²) < 4.78 is 0. The van der Waals surface area contributed by atoms with Crippen LogP contribution in [0.1, 0.15) is 23.4 Å². The summed E-state index contributed by atoms with van der Waals surface area (Å²) in [5.41, 5.74) is 2.74. The van der Waals surface area contributed by atoms with E-state index in [4.69, 9.17) is 0 Å². The summed E-state index contributed by atoms with van der Waals surface area (Å²) in [4.78, 5) is 28.0. The quantitative estimate of drug-likeness (QED) is 0.828. The smallest absolute Gasteiger partial charge is 0.225 e. The van der Waals surface area contributed by atoms with Gasteiger partial charge in [-0.25, -0.2) is 4.98 Å². The van der Waals surface area contributed by atoms with E-state index in [1.165, 1.54) is 0 Å². The van der Waals surface area contributed by atoms with Crippen molar-refractivity contribution in [2.75, 3.05) is 6.54 Å². The third-order valence-electron chi connectivity index (χ3n) is 2.90. The second kappa shape index (κ2) is 5.27. The fraction of sp³-hybridized carbons (Fsp3) is 0.545. The van der Waals surface area contributed by atoms with Gasteiger partial charge in [0.2, 0.25) is 11.8 Å². The molecular formula is C11H15N3O2S. The van der Waals surface area contributed by atoms with Gasteiger partial charge in [0.05, 0.1) is 23.7 Å². The molecule has 0 saturated carbocycles. The number of aryl methyl sites for hydroxylation is 1. The Hall–Kier alpha value is -1.43. The van der Waals surface area contributed by atoms with Crippen molar-refractivity contribution >= 4 is 23.2 Å². The van der Waals surface area contributed by atoms with Crippen molar-refractivity contribution in [2.45, 2.75) is 26.3 Å². The second-order valence-electron chi connectivity index (χ2n) is 4.12. The van der Waals surface area contributed by atoms with Gasteiger partial charge in [0, 0.05) is 17.8 Å². The Labute approximate surface area is 104 Å². The van der Waals surface area contributed by atoms with E-state index in [1.54, 1.807) is 16.8 Å². The first-order chi connectivity index (χ1) is 8.16. The Morgan fingerprint density at radius 2 is 2.53 bits per heavy atom. The molecule has 1 atom stereocenters. The molecule has 2 N–H and O–H groups in total. The van der Waals surface area contributed by atoms with Crippen LogP contribution in [-0.2, 0) is 16.1 Å². The molecule has 1 saturated heterocycles. The van der Waals surface area contributed by atoms with E-state index < -0.39 is 0 Å². The SMILES string of the molecule is Cc1ncsc1CNC(=O)C1CCC(=O)NC1. The van der Waals surface area contributed by atoms with Crippen LogP contribution in [0, 0.1) is 12.8 Å². The summed E-state index contributed by atoms with van der Waals surface area (Å²) in [5, 5.41) is 5.60. The van der Waals surface area contributed by atoms with Crippen molar-refractivity contribution in [1.29, 1.82) is 0 Å². The highest BCUT2D eigenvalue weighted by Gasteiger charge is 2.24. The van der Waals surface area contributed by atoms with Crippen LogP contribution in [0.3, 0.4) is 0 Å². The van der Waals surface area contributed by atoms with Gasteiger partial charge in [-0.1, -0.05) is 0 Å². The van der Waals surface area contributed by atoms with Crippen LogP contribution in [0.25, 0.3) is 0 Å². The van der Waals surface area contributed by atoms with Gasteiger partial charge < -0.3 is 10.6 Å². The Morgan fingerprint density at radius 1 is 1.71 bits per heavy atom. The van der Waals surface area contributed by atoms with E-state index in [0.717, 1.165) is 10.6 Å². The van der Waals surface area contributed by atoms with Gasteiger partial charge in [-0.2, -0.15) is 0 Å². The first-order valence-electron chi connectivity index (χ1n) is 5.60. The Morgan fingerprint density at radius 3 is 3.12 bits per heavy atom. The number of carbonyl (C=O) groups is 2. The lowest BCUT2D eigenvalue weighted by Crippen LogP contribution is -2.42. The maximum atomic E-state index is 11.8. The molecule has 0 aliphatic carbocycles. The molecule has 0 radical (unpaired) electrons. The van der Waals surface area contributed by atoms with Gasteiger partial charge in [0.25, 0.3) is 0 Å². The Balaban J connectivity index is 1.81. The van der Waals surface area contributed by atoms with E-state index in [1.807, 2.05) is 6.92 Å². The minimum absolute atomic E-state index is 0.0119. The molecule has 0 aromatic carbocycles. The third kappa shape index (κ3) is 3.03. The summed E-state index contributed by atoms with van der Waals surface area (Å²) in [6.07, 6.45) is 1.08. The molecule has 5 nitrogen and oxygen atoms in total. The molecule has 0 bridgehead atoms. The molecule has 2 rings (SSSR count). The molecule has 1 fully saturated rings. The van der Waals surface area contributed by atoms with E-state index >= 15 is 0 Å². The molecule has 1 aromatic rings. The summed E-state index contributed by atoms with van der Waals surface area (Å²) in [6.45, 7) is 2.91. The summed E-state index contributed by atoms with van der Waals surface area (Å²) in [7, 11) is 0. The lowest BCUT2D eigenvalue weighted by molar-refractivity contribution is -0.129. The minimum atomic E-state index is -0.0964. The largest absolute Gasteiger partial charge is 0.355 e. The number of rotatable bonds is 3. The Kier molecular flexibility index (Phi) is 3.73. The molecule has 2 amide bonds. The number of piperidine rings is 1. The standard InChI is InChI=1S/C11H15N3O2S/c1-7-9(17-6-14-7)5-13-11(16)8-2-3-10(15)12-4-8/h6,8H,2-5H2,1H3,(H,12,15)(H,13,16). The van der Waals surface area contributed by atoms with Crippen molar-refractivity contribution in [3.05, 3.63) is 16.1 Å². The summed E-state index contributed by atoms with van der Waals surface area (Å²) in [6, 6.07) is 0. The average molecular weight is 253 g/mol. The van der Waals surface area contributed by atoms with Gasteiger partial charge in [-0.15, -0.1) is 11.3 Å². The molecule has 1 aromatic heterocycles. The van der Waals surface area contributed by atoms with Crippen molar-refractivity contribution in [3.8, 4) is 0 Å². The molecule has 1 aliphatic rings. The topological polar surface area (TPSA) is 71.1 Å². The van der Waals surface area contributed by atoms with Crippen molar-refractivity contribution in [2.24, 2.45) is 5.92 Å². The van der Waals surface area contributed by atoms with Crippen LogP contribution in [0.5, 0.6) is 0 Å². The lowest BCUT2D eigenvalue weighted by atomic mass is 9.98. The number of aromatic nitrogens is 1. The number of carbonyl (C=O) groups excluding carboxylic acids is 2. The number of nitrogens with one attached hydrogen (secondary N) is 2. The highest BCUT2D eigenvalue weighted by molar-refractivity contribution is 7.09. The van der Waals surface area contributed by atoms with Crippen LogP contribution in [-0.4, -0.2) is 23.3 Å². The lowest BCUT2D eigenvalue weighted by Gasteiger charge is -2.21. The van der Waals surface area contributed by atoms with Gasteiger partial charge in [-0.3, -0.25) is 9.59 Å². The average Bonchev–Trinajstić information content (AvgIpc) is 2.73. The van der Waals surface area contributed by atoms with Crippen molar-refractivity contribution in [3.63, 3.8) is 0 Å². The Bertz CT molecular complexity index is 420. The molecule has 2 heterocycles. The molecule has 0 spiro atoms. The number of hydrogen-bond donors (Lipinski definition) is 2. The molecule has 1 unspecified atom stereocenters. The van der Waals surface area contributed by atoms with Gasteiger partial charge in [-0.05, 0) is 13.3 Å². The van der Waals surface area contributed by atoms with Gasteiger partial charge >= 0.3 is 0 Å². The van der Waals surface area contributed by atoms with Crippen LogP contribution < -0.4 is 10.6 Å². The number of thiazole rings is 1. The predicted molar refractivity (Wildman–Crippen MR) is 64.4 cm³/mol. The van der Waals surface area contributed by atoms with E-state index in [2.05, 4.69) is 15.6 Å².